The second-order valence-electron chi connectivity index (χ2n) is 2.97. The Kier molecular flexibility index (Phi) is 3.49. The lowest BCUT2D eigenvalue weighted by Gasteiger charge is -2.28. The van der Waals surface area contributed by atoms with Gasteiger partial charge in [0.2, 0.25) is 0 Å². The molecular formula is C8H15NO3. The van der Waals surface area contributed by atoms with Crippen molar-refractivity contribution in [2.75, 3.05) is 19.8 Å². The van der Waals surface area contributed by atoms with Gasteiger partial charge in [0.05, 0.1) is 12.5 Å². The molecule has 70 valence electrons. The Hall–Kier alpha value is -0.610. The van der Waals surface area contributed by atoms with Gasteiger partial charge in [-0.3, -0.25) is 4.79 Å². The van der Waals surface area contributed by atoms with Crippen molar-refractivity contribution in [3.05, 3.63) is 0 Å². The molecule has 2 atom stereocenters. The number of nitrogens with one attached hydrogen (secondary N) is 1. The number of hydrogen-bond donors (Lipinski definition) is 2. The fourth-order valence-electron chi connectivity index (χ4n) is 1.49. The van der Waals surface area contributed by atoms with E-state index in [0.717, 1.165) is 13.0 Å². The quantitative estimate of drug-likeness (QED) is 0.635. The van der Waals surface area contributed by atoms with Crippen LogP contribution in [-0.4, -0.2) is 36.9 Å². The molecule has 4 nitrogen and oxygen atoms in total. The van der Waals surface area contributed by atoms with Crippen LogP contribution in [0.25, 0.3) is 0 Å². The molecule has 2 unspecified atom stereocenters. The van der Waals surface area contributed by atoms with E-state index >= 15 is 0 Å². The Bertz CT molecular complexity index is 158. The van der Waals surface area contributed by atoms with Gasteiger partial charge in [0.1, 0.15) is 0 Å². The molecule has 0 saturated carbocycles. The molecule has 0 aliphatic carbocycles. The van der Waals surface area contributed by atoms with Crippen LogP contribution in [0, 0.1) is 5.92 Å². The van der Waals surface area contributed by atoms with E-state index in [0.29, 0.717) is 13.2 Å². The van der Waals surface area contributed by atoms with Crippen LogP contribution in [-0.2, 0) is 9.53 Å². The van der Waals surface area contributed by atoms with Crippen LogP contribution in [0.15, 0.2) is 0 Å². The Morgan fingerprint density at radius 2 is 2.50 bits per heavy atom. The predicted octanol–water partition coefficient (Wildman–Crippen LogP) is 0.0856. The van der Waals surface area contributed by atoms with Gasteiger partial charge in [-0.15, -0.1) is 0 Å². The average Bonchev–Trinajstić information content (AvgIpc) is 2.05. The first-order valence-electron chi connectivity index (χ1n) is 4.29. The highest BCUT2D eigenvalue weighted by atomic mass is 16.5. The summed E-state index contributed by atoms with van der Waals surface area (Å²) in [6.07, 6.45) is 0.796. The van der Waals surface area contributed by atoms with Crippen LogP contribution in [0.2, 0.25) is 0 Å². The summed E-state index contributed by atoms with van der Waals surface area (Å²) >= 11 is 0. The zero-order valence-electron chi connectivity index (χ0n) is 7.25. The summed E-state index contributed by atoms with van der Waals surface area (Å²) in [6.45, 7) is 3.80. The van der Waals surface area contributed by atoms with Crippen molar-refractivity contribution in [2.24, 2.45) is 5.92 Å². The molecule has 2 N–H and O–H groups in total. The third-order valence-corrected chi connectivity index (χ3v) is 2.14. The molecule has 0 amide bonds. The smallest absolute Gasteiger partial charge is 0.310 e. The Balaban J connectivity index is 2.48. The minimum Gasteiger partial charge on any atom is -0.481 e. The molecule has 0 aromatic carbocycles. The van der Waals surface area contributed by atoms with Crippen LogP contribution >= 0.6 is 0 Å². The monoisotopic (exact) mass is 173 g/mol. The first kappa shape index (κ1) is 9.48. The molecule has 0 bridgehead atoms. The van der Waals surface area contributed by atoms with Gasteiger partial charge in [0.15, 0.2) is 0 Å². The highest BCUT2D eigenvalue weighted by Gasteiger charge is 2.30. The Morgan fingerprint density at radius 3 is 3.08 bits per heavy atom. The third-order valence-electron chi connectivity index (χ3n) is 2.14. The lowest BCUT2D eigenvalue weighted by molar-refractivity contribution is -0.147. The number of rotatable bonds is 3. The Morgan fingerprint density at radius 1 is 1.75 bits per heavy atom. The van der Waals surface area contributed by atoms with E-state index in [2.05, 4.69) is 5.32 Å². The average molecular weight is 173 g/mol. The van der Waals surface area contributed by atoms with Gasteiger partial charge in [-0.25, -0.2) is 0 Å². The van der Waals surface area contributed by atoms with E-state index in [1.807, 2.05) is 6.92 Å². The summed E-state index contributed by atoms with van der Waals surface area (Å²) < 4.78 is 5.10. The van der Waals surface area contributed by atoms with Crippen LogP contribution < -0.4 is 5.32 Å². The van der Waals surface area contributed by atoms with Crippen molar-refractivity contribution in [2.45, 2.75) is 19.4 Å². The number of carboxylic acids is 1. The highest BCUT2D eigenvalue weighted by molar-refractivity contribution is 5.71. The topological polar surface area (TPSA) is 58.6 Å². The van der Waals surface area contributed by atoms with Gasteiger partial charge in [-0.2, -0.15) is 0 Å². The Labute approximate surface area is 71.9 Å². The van der Waals surface area contributed by atoms with Crippen molar-refractivity contribution in [3.63, 3.8) is 0 Å². The van der Waals surface area contributed by atoms with Gasteiger partial charge in [0.25, 0.3) is 0 Å². The van der Waals surface area contributed by atoms with Crippen molar-refractivity contribution < 1.29 is 14.6 Å². The second kappa shape index (κ2) is 4.42. The summed E-state index contributed by atoms with van der Waals surface area (Å²) in [5, 5.41) is 12.0. The molecule has 4 heteroatoms. The minimum absolute atomic E-state index is 0.0845. The normalized spacial score (nSPS) is 30.1. The number of ether oxygens (including phenoxy) is 1. The highest BCUT2D eigenvalue weighted by Crippen LogP contribution is 2.14. The van der Waals surface area contributed by atoms with E-state index in [9.17, 15) is 4.79 Å². The summed E-state index contributed by atoms with van der Waals surface area (Å²) in [4.78, 5) is 10.7. The SMILES string of the molecule is CCNC1CCOCC1C(=O)O. The summed E-state index contributed by atoms with van der Waals surface area (Å²) in [5.74, 6) is -1.14. The van der Waals surface area contributed by atoms with E-state index in [-0.39, 0.29) is 12.0 Å². The molecule has 1 saturated heterocycles. The second-order valence-corrected chi connectivity index (χ2v) is 2.97. The van der Waals surface area contributed by atoms with Gasteiger partial charge in [-0.1, -0.05) is 6.92 Å². The largest absolute Gasteiger partial charge is 0.481 e. The molecule has 12 heavy (non-hydrogen) atoms. The maximum absolute atomic E-state index is 10.7. The maximum atomic E-state index is 10.7. The molecule has 0 aromatic rings. The van der Waals surface area contributed by atoms with Gasteiger partial charge >= 0.3 is 5.97 Å². The summed E-state index contributed by atoms with van der Waals surface area (Å²) in [5.41, 5.74) is 0. The van der Waals surface area contributed by atoms with Gasteiger partial charge in [-0.05, 0) is 13.0 Å². The van der Waals surface area contributed by atoms with Crippen LogP contribution in [0.4, 0.5) is 0 Å². The van der Waals surface area contributed by atoms with E-state index in [1.165, 1.54) is 0 Å². The van der Waals surface area contributed by atoms with Crippen LogP contribution in [0.1, 0.15) is 13.3 Å². The number of carbonyl (C=O) groups is 1. The molecule has 1 fully saturated rings. The number of aliphatic carboxylic acids is 1. The van der Waals surface area contributed by atoms with E-state index in [1.54, 1.807) is 0 Å². The zero-order valence-corrected chi connectivity index (χ0v) is 7.25. The lowest BCUT2D eigenvalue weighted by Crippen LogP contribution is -2.46. The number of hydrogen-bond acceptors (Lipinski definition) is 3. The molecule has 1 heterocycles. The van der Waals surface area contributed by atoms with Crippen molar-refractivity contribution in [3.8, 4) is 0 Å². The number of carboxylic acid groups (broad SMARTS) is 1. The zero-order chi connectivity index (χ0) is 8.97. The van der Waals surface area contributed by atoms with E-state index < -0.39 is 5.97 Å². The molecule has 0 radical (unpaired) electrons. The van der Waals surface area contributed by atoms with Crippen LogP contribution in [0.3, 0.4) is 0 Å². The molecule has 1 aliphatic rings. The molecule has 1 rings (SSSR count). The maximum Gasteiger partial charge on any atom is 0.310 e. The van der Waals surface area contributed by atoms with Gasteiger partial charge in [0, 0.05) is 12.6 Å². The fraction of sp³-hybridized carbons (Fsp3) is 0.875. The molecule has 0 aromatic heterocycles. The van der Waals surface area contributed by atoms with Crippen LogP contribution in [0.5, 0.6) is 0 Å². The predicted molar refractivity (Wildman–Crippen MR) is 44.0 cm³/mol. The minimum atomic E-state index is -0.763. The van der Waals surface area contributed by atoms with Crippen molar-refractivity contribution in [1.29, 1.82) is 0 Å². The lowest BCUT2D eigenvalue weighted by atomic mass is 9.96. The summed E-state index contributed by atoms with van der Waals surface area (Å²) in [6, 6.07) is 0.0845. The van der Waals surface area contributed by atoms with E-state index in [4.69, 9.17) is 9.84 Å². The van der Waals surface area contributed by atoms with Crippen molar-refractivity contribution >= 4 is 5.97 Å². The first-order valence-corrected chi connectivity index (χ1v) is 4.29. The first-order chi connectivity index (χ1) is 5.75. The third kappa shape index (κ3) is 2.19. The summed E-state index contributed by atoms with van der Waals surface area (Å²) in [7, 11) is 0. The molecule has 0 spiro atoms. The standard InChI is InChI=1S/C8H15NO3/c1-2-9-7-3-4-12-5-6(7)8(10)11/h6-7,9H,2-5H2,1H3,(H,10,11). The van der Waals surface area contributed by atoms with Crippen molar-refractivity contribution in [1.82, 2.24) is 5.32 Å². The molecule has 1 aliphatic heterocycles. The molecular weight excluding hydrogens is 158 g/mol. The fourth-order valence-corrected chi connectivity index (χ4v) is 1.49. The van der Waals surface area contributed by atoms with Gasteiger partial charge < -0.3 is 15.2 Å².